The van der Waals surface area contributed by atoms with Gasteiger partial charge in [0, 0.05) is 11.7 Å². The SMILES string of the molecule is [C-]#[N+]c1ccc(Cl)c(NC(C)C)c1. The van der Waals surface area contributed by atoms with E-state index in [1.165, 1.54) is 0 Å². The van der Waals surface area contributed by atoms with Gasteiger partial charge in [0.15, 0.2) is 5.69 Å². The average molecular weight is 195 g/mol. The number of anilines is 1. The molecule has 2 nitrogen and oxygen atoms in total. The Morgan fingerprint density at radius 3 is 2.69 bits per heavy atom. The van der Waals surface area contributed by atoms with E-state index in [9.17, 15) is 0 Å². The van der Waals surface area contributed by atoms with Crippen LogP contribution in [0.2, 0.25) is 5.02 Å². The Labute approximate surface area is 83.3 Å². The molecule has 1 N–H and O–H groups in total. The number of hydrogen-bond acceptors (Lipinski definition) is 1. The summed E-state index contributed by atoms with van der Waals surface area (Å²) in [5.41, 5.74) is 1.43. The maximum absolute atomic E-state index is 6.85. The van der Waals surface area contributed by atoms with Gasteiger partial charge in [-0.2, -0.15) is 0 Å². The Morgan fingerprint density at radius 2 is 2.15 bits per heavy atom. The van der Waals surface area contributed by atoms with Crippen LogP contribution in [0.3, 0.4) is 0 Å². The van der Waals surface area contributed by atoms with Crippen molar-refractivity contribution in [3.63, 3.8) is 0 Å². The third-order valence-corrected chi connectivity index (χ3v) is 1.85. The fourth-order valence-electron chi connectivity index (χ4n) is 1.00. The Bertz CT molecular complexity index is 339. The van der Waals surface area contributed by atoms with Crippen LogP contribution in [0.25, 0.3) is 4.85 Å². The van der Waals surface area contributed by atoms with Crippen LogP contribution in [0.1, 0.15) is 13.8 Å². The monoisotopic (exact) mass is 194 g/mol. The summed E-state index contributed by atoms with van der Waals surface area (Å²) in [6.45, 7) is 10.9. The maximum Gasteiger partial charge on any atom is 0.189 e. The molecule has 1 aromatic carbocycles. The van der Waals surface area contributed by atoms with Crippen molar-refractivity contribution in [2.75, 3.05) is 5.32 Å². The van der Waals surface area contributed by atoms with Gasteiger partial charge in [-0.1, -0.05) is 23.7 Å². The lowest BCUT2D eigenvalue weighted by Gasteiger charge is -2.11. The van der Waals surface area contributed by atoms with E-state index in [1.54, 1.807) is 18.2 Å². The lowest BCUT2D eigenvalue weighted by molar-refractivity contribution is 0.900. The molecule has 68 valence electrons. The molecule has 0 aliphatic carbocycles. The zero-order chi connectivity index (χ0) is 9.84. The summed E-state index contributed by atoms with van der Waals surface area (Å²) in [5.74, 6) is 0. The van der Waals surface area contributed by atoms with Crippen molar-refractivity contribution < 1.29 is 0 Å². The van der Waals surface area contributed by atoms with Gasteiger partial charge >= 0.3 is 0 Å². The summed E-state index contributed by atoms with van der Waals surface area (Å²) in [6, 6.07) is 5.52. The quantitative estimate of drug-likeness (QED) is 0.710. The van der Waals surface area contributed by atoms with Crippen LogP contribution in [-0.4, -0.2) is 6.04 Å². The largest absolute Gasteiger partial charge is 0.383 e. The van der Waals surface area contributed by atoms with Crippen molar-refractivity contribution in [3.8, 4) is 0 Å². The summed E-state index contributed by atoms with van der Waals surface area (Å²) < 4.78 is 0. The lowest BCUT2D eigenvalue weighted by atomic mass is 10.2. The zero-order valence-electron chi connectivity index (χ0n) is 7.63. The van der Waals surface area contributed by atoms with Crippen molar-refractivity contribution in [2.45, 2.75) is 19.9 Å². The molecule has 0 fully saturated rings. The smallest absolute Gasteiger partial charge is 0.189 e. The molecule has 0 aliphatic heterocycles. The van der Waals surface area contributed by atoms with Gasteiger partial charge in [0.05, 0.1) is 11.6 Å². The first kappa shape index (κ1) is 9.88. The van der Waals surface area contributed by atoms with Crippen LogP contribution >= 0.6 is 11.6 Å². The second-order valence-electron chi connectivity index (χ2n) is 3.07. The van der Waals surface area contributed by atoms with Gasteiger partial charge in [0.2, 0.25) is 0 Å². The highest BCUT2D eigenvalue weighted by molar-refractivity contribution is 6.33. The van der Waals surface area contributed by atoms with Gasteiger partial charge < -0.3 is 5.32 Å². The minimum absolute atomic E-state index is 0.318. The molecule has 13 heavy (non-hydrogen) atoms. The molecule has 0 bridgehead atoms. The van der Waals surface area contributed by atoms with Gasteiger partial charge in [0.1, 0.15) is 0 Å². The molecule has 1 rings (SSSR count). The van der Waals surface area contributed by atoms with Crippen LogP contribution < -0.4 is 5.32 Å². The second kappa shape index (κ2) is 4.15. The zero-order valence-corrected chi connectivity index (χ0v) is 8.39. The molecule has 0 saturated carbocycles. The van der Waals surface area contributed by atoms with E-state index in [2.05, 4.69) is 10.2 Å². The number of halogens is 1. The van der Waals surface area contributed by atoms with Crippen LogP contribution in [-0.2, 0) is 0 Å². The molecule has 0 unspecified atom stereocenters. The van der Waals surface area contributed by atoms with E-state index in [1.807, 2.05) is 13.8 Å². The first-order chi connectivity index (χ1) is 6.13. The molecule has 0 spiro atoms. The minimum atomic E-state index is 0.318. The van der Waals surface area contributed by atoms with Gasteiger partial charge in [-0.05, 0) is 19.9 Å². The number of nitrogens with zero attached hydrogens (tertiary/aromatic N) is 1. The molecule has 0 amide bonds. The molecule has 0 atom stereocenters. The van der Waals surface area contributed by atoms with Crippen LogP contribution in [0.4, 0.5) is 11.4 Å². The van der Waals surface area contributed by atoms with E-state index >= 15 is 0 Å². The third kappa shape index (κ3) is 2.64. The molecule has 0 saturated heterocycles. The standard InChI is InChI=1S/C10H11ClN2/c1-7(2)13-10-6-8(12-3)4-5-9(10)11/h4-7,13H,1-2H3. The molecule has 1 aromatic rings. The van der Waals surface area contributed by atoms with E-state index in [0.29, 0.717) is 16.8 Å². The number of rotatable bonds is 2. The summed E-state index contributed by atoms with van der Waals surface area (Å²) in [7, 11) is 0. The summed E-state index contributed by atoms with van der Waals surface area (Å²) in [6.07, 6.45) is 0. The first-order valence-corrected chi connectivity index (χ1v) is 4.45. The predicted octanol–water partition coefficient (Wildman–Crippen LogP) is 3.71. The van der Waals surface area contributed by atoms with Gasteiger partial charge in [-0.15, -0.1) is 0 Å². The second-order valence-corrected chi connectivity index (χ2v) is 3.48. The van der Waals surface area contributed by atoms with Gasteiger partial charge in [-0.3, -0.25) is 0 Å². The average Bonchev–Trinajstić information content (AvgIpc) is 2.08. The molecule has 0 heterocycles. The first-order valence-electron chi connectivity index (χ1n) is 4.07. The van der Waals surface area contributed by atoms with E-state index in [4.69, 9.17) is 18.2 Å². The van der Waals surface area contributed by atoms with Crippen LogP contribution in [0.5, 0.6) is 0 Å². The minimum Gasteiger partial charge on any atom is -0.383 e. The number of nitrogens with one attached hydrogen (secondary N) is 1. The highest BCUT2D eigenvalue weighted by Gasteiger charge is 2.02. The fraction of sp³-hybridized carbons (Fsp3) is 0.300. The Kier molecular flexibility index (Phi) is 3.16. The highest BCUT2D eigenvalue weighted by atomic mass is 35.5. The highest BCUT2D eigenvalue weighted by Crippen LogP contribution is 2.27. The molecular weight excluding hydrogens is 184 g/mol. The Balaban J connectivity index is 2.99. The van der Waals surface area contributed by atoms with Crippen molar-refractivity contribution in [1.29, 1.82) is 0 Å². The van der Waals surface area contributed by atoms with Gasteiger partial charge in [0.25, 0.3) is 0 Å². The van der Waals surface area contributed by atoms with E-state index in [-0.39, 0.29) is 0 Å². The molecule has 0 radical (unpaired) electrons. The Morgan fingerprint density at radius 1 is 1.46 bits per heavy atom. The van der Waals surface area contributed by atoms with Crippen LogP contribution in [0.15, 0.2) is 18.2 Å². The summed E-state index contributed by atoms with van der Waals surface area (Å²) >= 11 is 5.93. The number of benzene rings is 1. The van der Waals surface area contributed by atoms with Crippen molar-refractivity contribution >= 4 is 23.0 Å². The predicted molar refractivity (Wildman–Crippen MR) is 56.5 cm³/mol. The molecule has 0 aliphatic rings. The number of hydrogen-bond donors (Lipinski definition) is 1. The summed E-state index contributed by atoms with van der Waals surface area (Å²) in [4.78, 5) is 3.33. The maximum atomic E-state index is 6.85. The van der Waals surface area contributed by atoms with E-state index < -0.39 is 0 Å². The van der Waals surface area contributed by atoms with Crippen molar-refractivity contribution in [2.24, 2.45) is 0 Å². The van der Waals surface area contributed by atoms with Crippen LogP contribution in [0, 0.1) is 6.57 Å². The normalized spacial score (nSPS) is 9.77. The van der Waals surface area contributed by atoms with Gasteiger partial charge in [-0.25, -0.2) is 4.85 Å². The molecular formula is C10H11ClN2. The lowest BCUT2D eigenvalue weighted by Crippen LogP contribution is -2.09. The van der Waals surface area contributed by atoms with Crippen molar-refractivity contribution in [1.82, 2.24) is 0 Å². The summed E-state index contributed by atoms with van der Waals surface area (Å²) in [5, 5.41) is 3.83. The molecule has 3 heteroatoms. The molecule has 0 aromatic heterocycles. The third-order valence-electron chi connectivity index (χ3n) is 1.52. The van der Waals surface area contributed by atoms with E-state index in [0.717, 1.165) is 5.69 Å². The fourth-order valence-corrected chi connectivity index (χ4v) is 1.18. The topological polar surface area (TPSA) is 16.4 Å². The van der Waals surface area contributed by atoms with Crippen molar-refractivity contribution in [3.05, 3.63) is 34.6 Å². The Hall–Kier alpha value is -1.20.